The van der Waals surface area contributed by atoms with E-state index in [1.807, 2.05) is 73.7 Å². The summed E-state index contributed by atoms with van der Waals surface area (Å²) in [6, 6.07) is 25.3. The Morgan fingerprint density at radius 2 is 1.64 bits per heavy atom. The smallest absolute Gasteiger partial charge is 0.287 e. The Kier molecular flexibility index (Phi) is 6.82. The first-order chi connectivity index (χ1) is 13.7. The minimum atomic E-state index is -0.351. The molecule has 0 aromatic heterocycles. The molecule has 1 atom stereocenters. The quantitative estimate of drug-likeness (QED) is 0.629. The van der Waals surface area contributed by atoms with Crippen LogP contribution >= 0.6 is 0 Å². The van der Waals surface area contributed by atoms with Gasteiger partial charge in [0.1, 0.15) is 12.3 Å². The number of nitrogens with two attached hydrogens (primary N) is 1. The molecule has 0 saturated heterocycles. The van der Waals surface area contributed by atoms with E-state index in [0.717, 1.165) is 12.1 Å². The Hall–Kier alpha value is -3.11. The molecule has 3 aromatic carbocycles. The summed E-state index contributed by atoms with van der Waals surface area (Å²) in [5.74, 6) is 0.621. The van der Waals surface area contributed by atoms with Crippen LogP contribution in [0.2, 0.25) is 0 Å². The number of carbonyl (C=O) groups is 1. The van der Waals surface area contributed by atoms with Gasteiger partial charge >= 0.3 is 0 Å². The molecule has 144 valence electrons. The number of quaternary nitrogens is 1. The molecule has 0 spiro atoms. The number of aryl methyl sites for hydroxylation is 1. The molecule has 1 amide bonds. The van der Waals surface area contributed by atoms with E-state index in [4.69, 9.17) is 4.74 Å². The average molecular weight is 375 g/mol. The van der Waals surface area contributed by atoms with Crippen molar-refractivity contribution < 1.29 is 14.8 Å². The Balaban J connectivity index is 1.81. The van der Waals surface area contributed by atoms with Crippen LogP contribution in [0.4, 0.5) is 5.69 Å². The summed E-state index contributed by atoms with van der Waals surface area (Å²) in [6.45, 7) is 5.31. The molecule has 0 bridgehead atoms. The highest BCUT2D eigenvalue weighted by Gasteiger charge is 2.25. The fourth-order valence-electron chi connectivity index (χ4n) is 3.20. The molecule has 0 unspecified atom stereocenters. The molecular formula is C24H27N2O2+. The van der Waals surface area contributed by atoms with Crippen molar-refractivity contribution in [3.8, 4) is 5.75 Å². The van der Waals surface area contributed by atoms with Crippen molar-refractivity contribution in [2.75, 3.05) is 11.9 Å². The lowest BCUT2D eigenvalue weighted by atomic mass is 10.0. The van der Waals surface area contributed by atoms with Crippen LogP contribution in [-0.4, -0.2) is 12.5 Å². The first-order valence-electron chi connectivity index (χ1n) is 9.64. The van der Waals surface area contributed by atoms with Gasteiger partial charge in [-0.2, -0.15) is 0 Å². The van der Waals surface area contributed by atoms with E-state index < -0.39 is 0 Å². The molecule has 28 heavy (non-hydrogen) atoms. The fourth-order valence-corrected chi connectivity index (χ4v) is 3.20. The zero-order chi connectivity index (χ0) is 19.8. The van der Waals surface area contributed by atoms with Gasteiger partial charge in [-0.25, -0.2) is 0 Å². The summed E-state index contributed by atoms with van der Waals surface area (Å²) in [7, 11) is 0. The number of ether oxygens (including phenoxy) is 1. The highest BCUT2D eigenvalue weighted by Crippen LogP contribution is 2.24. The predicted octanol–water partition coefficient (Wildman–Crippen LogP) is 3.84. The molecule has 0 radical (unpaired) electrons. The maximum Gasteiger partial charge on any atom is 0.287 e. The molecule has 4 heteroatoms. The van der Waals surface area contributed by atoms with Gasteiger partial charge in [0.05, 0.1) is 12.3 Å². The van der Waals surface area contributed by atoms with Crippen molar-refractivity contribution in [3.63, 3.8) is 0 Å². The summed E-state index contributed by atoms with van der Waals surface area (Å²) in [5.41, 5.74) is 4.13. The molecular weight excluding hydrogens is 348 g/mol. The normalized spacial score (nSPS) is 11.6. The van der Waals surface area contributed by atoms with E-state index in [2.05, 4.69) is 29.7 Å². The number of amides is 1. The Labute approximate surface area is 166 Å². The second kappa shape index (κ2) is 9.72. The second-order valence-electron chi connectivity index (χ2n) is 6.67. The lowest BCUT2D eigenvalue weighted by Gasteiger charge is -2.18. The molecule has 3 N–H and O–H groups in total. The van der Waals surface area contributed by atoms with Crippen LogP contribution in [0.3, 0.4) is 0 Å². The van der Waals surface area contributed by atoms with Crippen molar-refractivity contribution in [1.82, 2.24) is 0 Å². The van der Waals surface area contributed by atoms with Crippen LogP contribution in [0, 0.1) is 6.92 Å². The van der Waals surface area contributed by atoms with E-state index in [9.17, 15) is 4.79 Å². The number of para-hydroxylation sites is 2. The molecule has 3 aromatic rings. The lowest BCUT2D eigenvalue weighted by molar-refractivity contribution is -0.697. The van der Waals surface area contributed by atoms with Crippen molar-refractivity contribution >= 4 is 11.6 Å². The fraction of sp³-hybridized carbons (Fsp3) is 0.208. The van der Waals surface area contributed by atoms with Crippen LogP contribution in [0.15, 0.2) is 78.9 Å². The number of hydrogen-bond donors (Lipinski definition) is 2. The third kappa shape index (κ3) is 4.99. The molecule has 0 aliphatic carbocycles. The van der Waals surface area contributed by atoms with Crippen molar-refractivity contribution in [3.05, 3.63) is 95.6 Å². The standard InChI is InChI=1S/C24H26N2O2/c1-3-28-22-16-10-9-15-21(22)26-24(27)23(19-12-5-4-6-13-19)25-17-20-14-8-7-11-18(20)2/h4-16,23,25H,3,17H2,1-2H3,(H,26,27)/p+1/t23-/m0/s1. The van der Waals surface area contributed by atoms with Gasteiger partial charge in [0, 0.05) is 11.1 Å². The molecule has 0 aliphatic rings. The SMILES string of the molecule is CCOc1ccccc1NC(=O)[C@@H]([NH2+]Cc1ccccc1C)c1ccccc1. The van der Waals surface area contributed by atoms with E-state index in [0.29, 0.717) is 18.0 Å². The zero-order valence-corrected chi connectivity index (χ0v) is 16.4. The number of nitrogens with one attached hydrogen (secondary N) is 1. The van der Waals surface area contributed by atoms with Crippen molar-refractivity contribution in [1.29, 1.82) is 0 Å². The number of benzene rings is 3. The van der Waals surface area contributed by atoms with Crippen LogP contribution in [0.25, 0.3) is 0 Å². The summed E-state index contributed by atoms with van der Waals surface area (Å²) < 4.78 is 5.64. The number of carbonyl (C=O) groups excluding carboxylic acids is 1. The van der Waals surface area contributed by atoms with Crippen LogP contribution in [0.5, 0.6) is 5.75 Å². The summed E-state index contributed by atoms with van der Waals surface area (Å²) in [5, 5.41) is 5.13. The van der Waals surface area contributed by atoms with E-state index in [1.165, 1.54) is 11.1 Å². The van der Waals surface area contributed by atoms with Crippen LogP contribution in [-0.2, 0) is 11.3 Å². The average Bonchev–Trinajstić information content (AvgIpc) is 2.72. The summed E-state index contributed by atoms with van der Waals surface area (Å²) in [4.78, 5) is 13.2. The highest BCUT2D eigenvalue weighted by atomic mass is 16.5. The lowest BCUT2D eigenvalue weighted by Crippen LogP contribution is -2.85. The van der Waals surface area contributed by atoms with E-state index in [-0.39, 0.29) is 11.9 Å². The topological polar surface area (TPSA) is 54.9 Å². The molecule has 0 heterocycles. The minimum Gasteiger partial charge on any atom is -0.492 e. The molecule has 0 saturated carbocycles. The highest BCUT2D eigenvalue weighted by molar-refractivity contribution is 5.95. The largest absolute Gasteiger partial charge is 0.492 e. The number of anilines is 1. The maximum atomic E-state index is 13.2. The van der Waals surface area contributed by atoms with Gasteiger partial charge in [-0.15, -0.1) is 0 Å². The van der Waals surface area contributed by atoms with Crippen LogP contribution < -0.4 is 15.4 Å². The molecule has 3 rings (SSSR count). The molecule has 4 nitrogen and oxygen atoms in total. The van der Waals surface area contributed by atoms with E-state index in [1.54, 1.807) is 0 Å². The Morgan fingerprint density at radius 1 is 0.964 bits per heavy atom. The Morgan fingerprint density at radius 3 is 2.39 bits per heavy atom. The van der Waals surface area contributed by atoms with Gasteiger partial charge in [-0.05, 0) is 31.5 Å². The third-order valence-corrected chi connectivity index (χ3v) is 4.72. The predicted molar refractivity (Wildman–Crippen MR) is 112 cm³/mol. The van der Waals surface area contributed by atoms with Gasteiger partial charge in [0.25, 0.3) is 5.91 Å². The summed E-state index contributed by atoms with van der Waals surface area (Å²) in [6.07, 6.45) is 0. The Bertz CT molecular complexity index is 909. The summed E-state index contributed by atoms with van der Waals surface area (Å²) >= 11 is 0. The van der Waals surface area contributed by atoms with Gasteiger partial charge in [0.15, 0.2) is 6.04 Å². The van der Waals surface area contributed by atoms with Gasteiger partial charge in [0.2, 0.25) is 0 Å². The first kappa shape index (κ1) is 19.6. The zero-order valence-electron chi connectivity index (χ0n) is 16.4. The van der Waals surface area contributed by atoms with Gasteiger partial charge in [-0.3, -0.25) is 4.79 Å². The number of hydrogen-bond acceptors (Lipinski definition) is 2. The van der Waals surface area contributed by atoms with E-state index >= 15 is 0 Å². The monoisotopic (exact) mass is 375 g/mol. The van der Waals surface area contributed by atoms with Gasteiger partial charge in [-0.1, -0.05) is 66.7 Å². The molecule has 0 fully saturated rings. The van der Waals surface area contributed by atoms with Crippen molar-refractivity contribution in [2.45, 2.75) is 26.4 Å². The van der Waals surface area contributed by atoms with Crippen LogP contribution in [0.1, 0.15) is 29.7 Å². The molecule has 0 aliphatic heterocycles. The first-order valence-corrected chi connectivity index (χ1v) is 9.64. The minimum absolute atomic E-state index is 0.0630. The third-order valence-electron chi connectivity index (χ3n) is 4.72. The maximum absolute atomic E-state index is 13.2. The van der Waals surface area contributed by atoms with Crippen molar-refractivity contribution in [2.24, 2.45) is 0 Å². The number of rotatable bonds is 8. The van der Waals surface area contributed by atoms with Gasteiger partial charge < -0.3 is 15.4 Å². The second-order valence-corrected chi connectivity index (χ2v) is 6.67.